The molecule has 0 radical (unpaired) electrons. The molecule has 0 aromatic carbocycles. The van der Waals surface area contributed by atoms with Gasteiger partial charge in [-0.05, 0) is 173 Å². The quantitative estimate of drug-likeness (QED) is 0.0545. The van der Waals surface area contributed by atoms with Gasteiger partial charge in [-0.3, -0.25) is 38.8 Å². The largest absolute Gasteiger partial charge is 0.355 e. The topological polar surface area (TPSA) is 255 Å². The van der Waals surface area contributed by atoms with Crippen molar-refractivity contribution in [2.75, 3.05) is 0 Å². The highest BCUT2D eigenvalue weighted by atomic mass is 16.2. The molecule has 20 heteroatoms. The highest BCUT2D eigenvalue weighted by Gasteiger charge is 2.69. The lowest BCUT2D eigenvalue weighted by Gasteiger charge is -2.35. The smallest absolute Gasteiger partial charge is 0.324 e. The van der Waals surface area contributed by atoms with Crippen molar-refractivity contribution in [2.24, 2.45) is 45.3 Å². The van der Waals surface area contributed by atoms with Gasteiger partial charge in [0.1, 0.15) is 0 Å². The average molecular weight is 1580 g/mol. The lowest BCUT2D eigenvalue weighted by Crippen LogP contribution is -2.53. The molecule has 5 heterocycles. The van der Waals surface area contributed by atoms with Crippen LogP contribution in [0.1, 0.15) is 381 Å². The lowest BCUT2D eigenvalue weighted by molar-refractivity contribution is -0.133. The number of rotatable bonds is 16. The molecule has 0 spiro atoms. The van der Waals surface area contributed by atoms with Crippen LogP contribution >= 0.6 is 0 Å². The van der Waals surface area contributed by atoms with Gasteiger partial charge in [0.15, 0.2) is 0 Å². The summed E-state index contributed by atoms with van der Waals surface area (Å²) in [6.07, 6.45) is 46.0. The molecule has 8 atom stereocenters. The highest BCUT2D eigenvalue weighted by molar-refractivity contribution is 6.03. The number of H-pyrrole nitrogens is 2. The van der Waals surface area contributed by atoms with Gasteiger partial charge >= 0.3 is 24.1 Å². The van der Waals surface area contributed by atoms with Crippen LogP contribution in [0, 0.1) is 45.3 Å². The van der Waals surface area contributed by atoms with Crippen molar-refractivity contribution in [3.8, 4) is 0 Å². The van der Waals surface area contributed by atoms with E-state index in [4.69, 9.17) is 9.97 Å². The minimum absolute atomic E-state index is 0.000792. The Hall–Kier alpha value is -7.64. The van der Waals surface area contributed by atoms with Gasteiger partial charge in [0.05, 0.1) is 46.4 Å². The molecular weight excluding hydrogens is 1450 g/mol. The van der Waals surface area contributed by atoms with Gasteiger partial charge in [-0.2, -0.15) is 0 Å². The molecule has 12 saturated carbocycles. The summed E-state index contributed by atoms with van der Waals surface area (Å²) in [4.78, 5) is 152. The van der Waals surface area contributed by atoms with Gasteiger partial charge < -0.3 is 31.2 Å². The van der Waals surface area contributed by atoms with E-state index in [-0.39, 0.29) is 96.1 Å². The Morgan fingerprint density at radius 1 is 0.276 bits per heavy atom. The first-order valence-corrected chi connectivity index (χ1v) is 46.6. The molecular formula is C96H134N12O8. The van der Waals surface area contributed by atoms with E-state index in [1.54, 1.807) is 19.6 Å². The maximum absolute atomic E-state index is 16.3. The molecule has 0 saturated heterocycles. The third-order valence-corrected chi connectivity index (χ3v) is 31.8. The second-order valence-corrected chi connectivity index (χ2v) is 40.9. The first kappa shape index (κ1) is 80.8. The summed E-state index contributed by atoms with van der Waals surface area (Å²) >= 11 is 0. The van der Waals surface area contributed by atoms with Gasteiger partial charge in [-0.25, -0.2) is 29.1 Å². The van der Waals surface area contributed by atoms with Crippen molar-refractivity contribution < 1.29 is 38.4 Å². The predicted octanol–water partition coefficient (Wildman–Crippen LogP) is 20.4. The summed E-state index contributed by atoms with van der Waals surface area (Å²) in [7, 11) is 0. The molecule has 3 aromatic heterocycles. The number of hydrogen-bond acceptors (Lipinski definition) is 10. The summed E-state index contributed by atoms with van der Waals surface area (Å²) in [5, 5.41) is 13.6. The van der Waals surface area contributed by atoms with Crippen LogP contribution in [-0.2, 0) is 19.2 Å². The first-order chi connectivity index (χ1) is 55.9. The number of carbonyl (C=O) groups is 8. The molecule has 12 amide bonds. The van der Waals surface area contributed by atoms with Gasteiger partial charge in [-0.15, -0.1) is 0 Å². The second-order valence-electron chi connectivity index (χ2n) is 40.9. The molecule has 14 aliphatic rings. The minimum Gasteiger partial charge on any atom is -0.355 e. The van der Waals surface area contributed by atoms with E-state index < -0.39 is 69.0 Å². The number of nitrogens with zero attached hydrogens (tertiary/aromatic N) is 6. The molecule has 116 heavy (non-hydrogen) atoms. The molecule has 12 aliphatic carbocycles. The fraction of sp³-hybridized carbons (Fsp3) is 0.708. The van der Waals surface area contributed by atoms with Crippen LogP contribution in [0.2, 0.25) is 0 Å². The van der Waals surface area contributed by atoms with E-state index in [2.05, 4.69) is 135 Å². The van der Waals surface area contributed by atoms with Crippen LogP contribution < -0.4 is 21.3 Å². The van der Waals surface area contributed by atoms with Crippen molar-refractivity contribution in [3.05, 3.63) is 69.3 Å². The van der Waals surface area contributed by atoms with Gasteiger partial charge in [0, 0.05) is 116 Å². The fourth-order valence-corrected chi connectivity index (χ4v) is 24.9. The average Bonchev–Trinajstić information content (AvgIpc) is 1.53. The molecule has 20 nitrogen and oxygen atoms in total. The SMILES string of the molecule is CC1(C)[C@H](C(=O)N(C(=O)NC2CCCCC2)C2CCCCC2)[C@@H]1c1c2nc(c([C@H]3[C@@H](C(=O)N(C(=O)NC4CCCCC4)C4CCCCC4)C3(C)C)c3ccc([nH]3)c([C@H]3[C@@H](C(=O)N(C(=O)NC4CCCCC4)C4CCCCC4)C3(C)C)c3ccc([nH]3)c([C@H]3[C@@H](C(=O)N(C(=O)NC4CCCCC4)C4CCCCC4)C3(C)C)c3nc1C=C3)C=C2. The fourth-order valence-electron chi connectivity index (χ4n) is 24.9. The normalized spacial score (nSPS) is 28.2. The van der Waals surface area contributed by atoms with E-state index in [1.807, 2.05) is 0 Å². The van der Waals surface area contributed by atoms with Crippen LogP contribution in [0.25, 0.3) is 46.4 Å². The van der Waals surface area contributed by atoms with Crippen LogP contribution in [0.4, 0.5) is 19.2 Å². The van der Waals surface area contributed by atoms with Crippen LogP contribution in [0.15, 0.2) is 24.3 Å². The lowest BCUT2D eigenvalue weighted by atomic mass is 9.93. The Kier molecular flexibility index (Phi) is 22.9. The van der Waals surface area contributed by atoms with E-state index in [0.29, 0.717) is 22.8 Å². The Morgan fingerprint density at radius 3 is 0.698 bits per heavy atom. The number of aromatic nitrogens is 4. The summed E-state index contributed by atoms with van der Waals surface area (Å²) in [6, 6.07) is 6.36. The summed E-state index contributed by atoms with van der Waals surface area (Å²) in [5.74, 6) is -4.91. The van der Waals surface area contributed by atoms with Crippen molar-refractivity contribution in [1.29, 1.82) is 0 Å². The van der Waals surface area contributed by atoms with Crippen molar-refractivity contribution in [1.82, 2.24) is 60.8 Å². The Bertz CT molecular complexity index is 4300. The number of nitrogens with one attached hydrogen (secondary N) is 6. The van der Waals surface area contributed by atoms with E-state index in [9.17, 15) is 0 Å². The maximum Gasteiger partial charge on any atom is 0.324 e. The molecule has 3 aromatic rings. The monoisotopic (exact) mass is 1580 g/mol. The predicted molar refractivity (Wildman–Crippen MR) is 455 cm³/mol. The highest BCUT2D eigenvalue weighted by Crippen LogP contribution is 2.71. The number of urea groups is 4. The summed E-state index contributed by atoms with van der Waals surface area (Å²) in [6.45, 7) is 17.3. The number of imide groups is 4. The van der Waals surface area contributed by atoms with Gasteiger partial charge in [0.25, 0.3) is 0 Å². The number of fused-ring (bicyclic) bond motifs is 8. The third-order valence-electron chi connectivity index (χ3n) is 31.8. The van der Waals surface area contributed by atoms with Gasteiger partial charge in [0.2, 0.25) is 23.6 Å². The van der Waals surface area contributed by atoms with E-state index >= 15 is 38.4 Å². The minimum atomic E-state index is -0.687. The zero-order valence-corrected chi connectivity index (χ0v) is 71.1. The van der Waals surface area contributed by atoms with E-state index in [0.717, 1.165) is 301 Å². The Morgan fingerprint density at radius 2 is 0.466 bits per heavy atom. The van der Waals surface area contributed by atoms with Crippen LogP contribution in [0.3, 0.4) is 0 Å². The standard InChI is InChI=1S/C96H134N12O8/c1-93(2)77(81(93)85(109)105(61-41-25-13-26-42-61)89(113)97-57-33-17-9-18-34-57)73-65-49-51-67(101-65)74(78-82(94(78,3)4)86(110)106(62-43-27-14-28-44-62)90(114)98-58-35-19-10-20-36-58)69-53-55-71(103-69)76(80-84(96(80,7)8)88(112)108(64-47-31-16-32-48-64)92(116)100-60-39-23-12-24-40-60)72-56-54-70(104-72)75(68-52-50-66(73)102-68)79-83(95(79,5)6)87(111)107(63-45-29-15-30-46-63)91(115)99-59-37-21-11-22-38-59/h49-64,77-84,101-102H,9-48H2,1-8H3,(H,97,113)(H,98,114)(H,99,115)(H,100,116)/t77-,78-,79-,80-,81-,82-,83-,84-/m0/s1. The molecule has 2 aliphatic heterocycles. The second kappa shape index (κ2) is 32.8. The Balaban J connectivity index is 0.864. The molecule has 8 bridgehead atoms. The first-order valence-electron chi connectivity index (χ1n) is 46.6. The zero-order valence-electron chi connectivity index (χ0n) is 71.1. The number of amides is 12. The van der Waals surface area contributed by atoms with Crippen LogP contribution in [0.5, 0.6) is 0 Å². The third kappa shape index (κ3) is 15.5. The number of hydrogen-bond donors (Lipinski definition) is 6. The molecule has 626 valence electrons. The van der Waals surface area contributed by atoms with Crippen molar-refractivity contribution >= 4 is 94.1 Å². The molecule has 12 fully saturated rings. The molecule has 6 N–H and O–H groups in total. The maximum atomic E-state index is 16.3. The van der Waals surface area contributed by atoms with Crippen molar-refractivity contribution in [3.63, 3.8) is 0 Å². The van der Waals surface area contributed by atoms with Crippen molar-refractivity contribution in [2.45, 2.75) is 384 Å². The van der Waals surface area contributed by atoms with Crippen LogP contribution in [-0.4, -0.2) is 136 Å². The van der Waals surface area contributed by atoms with Gasteiger partial charge in [-0.1, -0.05) is 209 Å². The summed E-state index contributed by atoms with van der Waals surface area (Å²) < 4.78 is 0. The molecule has 0 unspecified atom stereocenters. The molecule has 17 rings (SSSR count). The number of carbonyl (C=O) groups excluding carboxylic acids is 8. The summed E-state index contributed by atoms with van der Waals surface area (Å²) in [5.41, 5.74) is 6.15. The Labute approximate surface area is 688 Å². The number of aromatic amines is 2. The van der Waals surface area contributed by atoms with E-state index in [1.165, 1.54) is 0 Å². The zero-order chi connectivity index (χ0) is 80.7.